The number of halogens is 1. The van der Waals surface area contributed by atoms with Gasteiger partial charge in [0.05, 0.1) is 11.9 Å². The number of hydrogen-bond donors (Lipinski definition) is 1. The average molecular weight is 364 g/mol. The highest BCUT2D eigenvalue weighted by Crippen LogP contribution is 2.28. The Hall–Kier alpha value is -2.93. The van der Waals surface area contributed by atoms with Crippen LogP contribution in [-0.2, 0) is 6.54 Å². The first-order chi connectivity index (χ1) is 13.3. The summed E-state index contributed by atoms with van der Waals surface area (Å²) in [7, 11) is 0. The topological polar surface area (TPSA) is 66.8 Å². The van der Waals surface area contributed by atoms with Crippen molar-refractivity contribution < 1.29 is 4.39 Å². The number of piperidine rings is 1. The van der Waals surface area contributed by atoms with E-state index in [1.807, 2.05) is 6.20 Å². The van der Waals surface area contributed by atoms with Gasteiger partial charge in [-0.1, -0.05) is 0 Å². The van der Waals surface area contributed by atoms with E-state index in [9.17, 15) is 4.39 Å². The molecule has 1 aliphatic heterocycles. The molecule has 3 aromatic rings. The summed E-state index contributed by atoms with van der Waals surface area (Å²) in [5.41, 5.74) is 2.15. The van der Waals surface area contributed by atoms with Crippen molar-refractivity contribution in [3.05, 3.63) is 72.2 Å². The molecule has 6 nitrogen and oxygen atoms in total. The zero-order chi connectivity index (χ0) is 18.5. The second kappa shape index (κ2) is 8.18. The van der Waals surface area contributed by atoms with Gasteiger partial charge in [0.25, 0.3) is 0 Å². The Morgan fingerprint density at radius 1 is 1.07 bits per heavy atom. The van der Waals surface area contributed by atoms with Crippen LogP contribution in [0.3, 0.4) is 0 Å². The Morgan fingerprint density at radius 3 is 2.78 bits per heavy atom. The van der Waals surface area contributed by atoms with Gasteiger partial charge in [-0.15, -0.1) is 0 Å². The van der Waals surface area contributed by atoms with Crippen LogP contribution in [0.2, 0.25) is 0 Å². The van der Waals surface area contributed by atoms with Gasteiger partial charge in [-0.25, -0.2) is 19.3 Å². The molecule has 0 aliphatic carbocycles. The van der Waals surface area contributed by atoms with Crippen molar-refractivity contribution in [3.8, 4) is 0 Å². The predicted octanol–water partition coefficient (Wildman–Crippen LogP) is 3.53. The van der Waals surface area contributed by atoms with Gasteiger partial charge in [-0.2, -0.15) is 0 Å². The van der Waals surface area contributed by atoms with E-state index < -0.39 is 0 Å². The van der Waals surface area contributed by atoms with Gasteiger partial charge in [0.15, 0.2) is 0 Å². The van der Waals surface area contributed by atoms with E-state index in [0.29, 0.717) is 11.9 Å². The van der Waals surface area contributed by atoms with Gasteiger partial charge < -0.3 is 5.32 Å². The molecule has 4 rings (SSSR count). The summed E-state index contributed by atoms with van der Waals surface area (Å²) < 4.78 is 13.0. The van der Waals surface area contributed by atoms with E-state index in [2.05, 4.69) is 42.3 Å². The van der Waals surface area contributed by atoms with Crippen LogP contribution in [0, 0.1) is 5.82 Å². The fraction of sp³-hybridized carbons (Fsp3) is 0.300. The Morgan fingerprint density at radius 2 is 1.96 bits per heavy atom. The molecule has 7 heteroatoms. The number of nitrogens with zero attached hydrogens (tertiary/aromatic N) is 5. The van der Waals surface area contributed by atoms with Crippen molar-refractivity contribution in [2.75, 3.05) is 18.4 Å². The summed E-state index contributed by atoms with van der Waals surface area (Å²) in [6.07, 6.45) is 8.76. The van der Waals surface area contributed by atoms with Gasteiger partial charge in [-0.3, -0.25) is 9.88 Å². The fourth-order valence-corrected chi connectivity index (χ4v) is 3.45. The van der Waals surface area contributed by atoms with Crippen molar-refractivity contribution in [3.63, 3.8) is 0 Å². The van der Waals surface area contributed by atoms with Crippen LogP contribution in [0.15, 0.2) is 55.1 Å². The lowest BCUT2D eigenvalue weighted by Gasteiger charge is -2.32. The zero-order valence-electron chi connectivity index (χ0n) is 14.9. The molecule has 0 aromatic carbocycles. The molecular formula is C20H21FN6. The number of likely N-dealkylation sites (tertiary alicyclic amines) is 1. The molecule has 0 bridgehead atoms. The van der Waals surface area contributed by atoms with Crippen LogP contribution in [0.25, 0.3) is 0 Å². The number of anilines is 2. The first kappa shape index (κ1) is 17.5. The number of nitrogens with one attached hydrogen (secondary N) is 1. The summed E-state index contributed by atoms with van der Waals surface area (Å²) in [6.45, 7) is 2.72. The van der Waals surface area contributed by atoms with E-state index in [4.69, 9.17) is 0 Å². The first-order valence-electron chi connectivity index (χ1n) is 9.09. The van der Waals surface area contributed by atoms with E-state index in [-0.39, 0.29) is 5.82 Å². The lowest BCUT2D eigenvalue weighted by Crippen LogP contribution is -2.34. The minimum Gasteiger partial charge on any atom is -0.309 e. The van der Waals surface area contributed by atoms with Crippen LogP contribution in [0.5, 0.6) is 0 Å². The molecular weight excluding hydrogens is 343 g/mol. The second-order valence-electron chi connectivity index (χ2n) is 6.71. The lowest BCUT2D eigenvalue weighted by atomic mass is 9.91. The molecule has 0 radical (unpaired) electrons. The summed E-state index contributed by atoms with van der Waals surface area (Å²) >= 11 is 0. The lowest BCUT2D eigenvalue weighted by molar-refractivity contribution is 0.198. The van der Waals surface area contributed by atoms with Gasteiger partial charge >= 0.3 is 0 Å². The molecule has 0 saturated carbocycles. The summed E-state index contributed by atoms with van der Waals surface area (Å²) in [4.78, 5) is 19.3. The Kier molecular flexibility index (Phi) is 5.29. The highest BCUT2D eigenvalue weighted by Gasteiger charge is 2.22. The monoisotopic (exact) mass is 364 g/mol. The summed E-state index contributed by atoms with van der Waals surface area (Å²) in [6, 6.07) is 9.15. The molecule has 27 heavy (non-hydrogen) atoms. The fourth-order valence-electron chi connectivity index (χ4n) is 3.45. The second-order valence-corrected chi connectivity index (χ2v) is 6.71. The summed E-state index contributed by atoms with van der Waals surface area (Å²) in [5, 5.41) is 3.15. The molecule has 4 heterocycles. The molecule has 1 N–H and O–H groups in total. The van der Waals surface area contributed by atoms with E-state index in [1.165, 1.54) is 17.8 Å². The Labute approximate surface area is 157 Å². The molecule has 0 amide bonds. The van der Waals surface area contributed by atoms with Crippen LogP contribution >= 0.6 is 0 Å². The molecule has 1 aliphatic rings. The predicted molar refractivity (Wildman–Crippen MR) is 101 cm³/mol. The van der Waals surface area contributed by atoms with E-state index in [0.717, 1.165) is 44.0 Å². The first-order valence-corrected chi connectivity index (χ1v) is 9.09. The van der Waals surface area contributed by atoms with Crippen molar-refractivity contribution in [2.45, 2.75) is 25.3 Å². The highest BCUT2D eigenvalue weighted by atomic mass is 19.1. The molecule has 1 saturated heterocycles. The highest BCUT2D eigenvalue weighted by molar-refractivity contribution is 5.48. The number of rotatable bonds is 5. The molecule has 0 spiro atoms. The van der Waals surface area contributed by atoms with Crippen LogP contribution < -0.4 is 5.32 Å². The quantitative estimate of drug-likeness (QED) is 0.747. The third kappa shape index (κ3) is 4.62. The largest absolute Gasteiger partial charge is 0.309 e. The van der Waals surface area contributed by atoms with E-state index >= 15 is 0 Å². The molecule has 1 atom stereocenters. The smallest absolute Gasteiger partial charge is 0.228 e. The zero-order valence-corrected chi connectivity index (χ0v) is 14.9. The van der Waals surface area contributed by atoms with Crippen molar-refractivity contribution in [1.82, 2.24) is 24.8 Å². The van der Waals surface area contributed by atoms with Crippen molar-refractivity contribution in [2.24, 2.45) is 0 Å². The standard InChI is InChI=1S/C20H21FN6/c21-17-4-5-18(25-12-17)14-27-10-1-3-16(13-27)15-6-9-22-19(11-15)26-20-23-7-2-8-24-20/h2,4-9,11-12,16H,1,3,10,13-14H2,(H,22,23,24,26)/t16-/m0/s1. The Bertz CT molecular complexity index is 871. The minimum absolute atomic E-state index is 0.297. The summed E-state index contributed by atoms with van der Waals surface area (Å²) in [5.74, 6) is 1.42. The van der Waals surface area contributed by atoms with Gasteiger partial charge in [-0.05, 0) is 61.2 Å². The van der Waals surface area contributed by atoms with Gasteiger partial charge in [0.1, 0.15) is 11.6 Å². The average Bonchev–Trinajstić information content (AvgIpc) is 2.71. The van der Waals surface area contributed by atoms with Crippen LogP contribution in [0.1, 0.15) is 30.0 Å². The third-order valence-electron chi connectivity index (χ3n) is 4.74. The SMILES string of the molecule is Fc1ccc(CN2CCC[C@H](c3ccnc(Nc4ncccn4)c3)C2)nc1. The van der Waals surface area contributed by atoms with Crippen molar-refractivity contribution >= 4 is 11.8 Å². The molecule has 0 unspecified atom stereocenters. The van der Waals surface area contributed by atoms with Gasteiger partial charge in [0.2, 0.25) is 5.95 Å². The molecule has 3 aromatic heterocycles. The number of pyridine rings is 2. The maximum Gasteiger partial charge on any atom is 0.228 e. The normalized spacial score (nSPS) is 17.6. The van der Waals surface area contributed by atoms with Crippen molar-refractivity contribution in [1.29, 1.82) is 0 Å². The van der Waals surface area contributed by atoms with Crippen LogP contribution in [-0.4, -0.2) is 37.9 Å². The van der Waals surface area contributed by atoms with Crippen LogP contribution in [0.4, 0.5) is 16.2 Å². The molecule has 1 fully saturated rings. The minimum atomic E-state index is -0.297. The van der Waals surface area contributed by atoms with E-state index in [1.54, 1.807) is 24.5 Å². The number of hydrogen-bond acceptors (Lipinski definition) is 6. The maximum atomic E-state index is 13.0. The maximum absolute atomic E-state index is 13.0. The Balaban J connectivity index is 1.43. The third-order valence-corrected chi connectivity index (χ3v) is 4.74. The van der Waals surface area contributed by atoms with Gasteiger partial charge in [0, 0.05) is 31.7 Å². The molecule has 138 valence electrons. The number of aromatic nitrogens is 4.